The molecule has 0 saturated carbocycles. The van der Waals surface area contributed by atoms with Crippen LogP contribution in [0.3, 0.4) is 0 Å². The second-order valence-corrected chi connectivity index (χ2v) is 6.60. The molecule has 3 aliphatic rings. The van der Waals surface area contributed by atoms with Crippen molar-refractivity contribution in [1.29, 1.82) is 0 Å². The van der Waals surface area contributed by atoms with Crippen LogP contribution in [0.4, 0.5) is 0 Å². The lowest BCUT2D eigenvalue weighted by Crippen LogP contribution is -2.55. The minimum absolute atomic E-state index is 0.404. The van der Waals surface area contributed by atoms with Crippen LogP contribution in [0.25, 0.3) is 0 Å². The van der Waals surface area contributed by atoms with Gasteiger partial charge in [0.25, 0.3) is 0 Å². The predicted octanol–water partition coefficient (Wildman–Crippen LogP) is 1.28. The van der Waals surface area contributed by atoms with E-state index >= 15 is 0 Å². The molecular weight excluding hydrogens is 210 g/mol. The summed E-state index contributed by atoms with van der Waals surface area (Å²) in [5, 5.41) is 0. The SMILES string of the molecule is CC1CCN(C2CC3CCC(C2)N3C)CC1N. The average molecular weight is 237 g/mol. The summed E-state index contributed by atoms with van der Waals surface area (Å²) < 4.78 is 0. The van der Waals surface area contributed by atoms with Crippen molar-refractivity contribution in [1.82, 2.24) is 9.80 Å². The van der Waals surface area contributed by atoms with Crippen LogP contribution in [-0.2, 0) is 0 Å². The number of nitrogens with zero attached hydrogens (tertiary/aromatic N) is 2. The van der Waals surface area contributed by atoms with Gasteiger partial charge in [0, 0.05) is 30.7 Å². The van der Waals surface area contributed by atoms with Crippen molar-refractivity contribution in [3.8, 4) is 0 Å². The van der Waals surface area contributed by atoms with Crippen molar-refractivity contribution >= 4 is 0 Å². The monoisotopic (exact) mass is 237 g/mol. The van der Waals surface area contributed by atoms with Gasteiger partial charge in [-0.3, -0.25) is 4.90 Å². The summed E-state index contributed by atoms with van der Waals surface area (Å²) in [7, 11) is 2.32. The highest BCUT2D eigenvalue weighted by molar-refractivity contribution is 4.98. The summed E-state index contributed by atoms with van der Waals surface area (Å²) in [6.45, 7) is 4.72. The Labute approximate surface area is 105 Å². The first-order chi connectivity index (χ1) is 8.15. The van der Waals surface area contributed by atoms with E-state index in [1.54, 1.807) is 0 Å². The summed E-state index contributed by atoms with van der Waals surface area (Å²) >= 11 is 0. The maximum Gasteiger partial charge on any atom is 0.0194 e. The van der Waals surface area contributed by atoms with Crippen LogP contribution >= 0.6 is 0 Å². The minimum atomic E-state index is 0.404. The Bertz CT molecular complexity index is 267. The molecule has 2 N–H and O–H groups in total. The predicted molar refractivity (Wildman–Crippen MR) is 70.9 cm³/mol. The van der Waals surface area contributed by atoms with E-state index in [0.29, 0.717) is 12.0 Å². The Morgan fingerprint density at radius 1 is 1.00 bits per heavy atom. The van der Waals surface area contributed by atoms with Gasteiger partial charge in [-0.2, -0.15) is 0 Å². The van der Waals surface area contributed by atoms with E-state index in [1.165, 1.54) is 38.6 Å². The Kier molecular flexibility index (Phi) is 3.18. The molecule has 3 heterocycles. The number of piperidine rings is 2. The summed E-state index contributed by atoms with van der Waals surface area (Å²) in [5.74, 6) is 0.717. The number of hydrogen-bond donors (Lipinski definition) is 1. The largest absolute Gasteiger partial charge is 0.326 e. The van der Waals surface area contributed by atoms with Crippen molar-refractivity contribution in [2.75, 3.05) is 20.1 Å². The molecule has 4 atom stereocenters. The molecule has 17 heavy (non-hydrogen) atoms. The fourth-order valence-electron chi connectivity index (χ4n) is 4.14. The maximum absolute atomic E-state index is 6.24. The third-order valence-corrected chi connectivity index (χ3v) is 5.64. The van der Waals surface area contributed by atoms with Crippen LogP contribution < -0.4 is 5.73 Å². The molecule has 0 radical (unpaired) electrons. The Morgan fingerprint density at radius 3 is 2.24 bits per heavy atom. The Balaban J connectivity index is 1.63. The van der Waals surface area contributed by atoms with Crippen LogP contribution in [0, 0.1) is 5.92 Å². The molecule has 3 heteroatoms. The minimum Gasteiger partial charge on any atom is -0.326 e. The first-order valence-corrected chi connectivity index (χ1v) is 7.36. The topological polar surface area (TPSA) is 32.5 Å². The fraction of sp³-hybridized carbons (Fsp3) is 1.00. The highest BCUT2D eigenvalue weighted by Gasteiger charge is 2.41. The standard InChI is InChI=1S/C14H27N3/c1-10-5-6-17(9-14(10)15)13-7-11-3-4-12(8-13)16(11)2/h10-14H,3-9,15H2,1-2H3. The molecule has 3 fully saturated rings. The van der Waals surface area contributed by atoms with Crippen LogP contribution in [0.1, 0.15) is 39.0 Å². The van der Waals surface area contributed by atoms with Gasteiger partial charge in [-0.15, -0.1) is 0 Å². The molecule has 0 aromatic carbocycles. The first kappa shape index (κ1) is 11.9. The summed E-state index contributed by atoms with van der Waals surface area (Å²) in [5.41, 5.74) is 6.24. The molecule has 2 bridgehead atoms. The molecule has 3 saturated heterocycles. The molecular formula is C14H27N3. The third-order valence-electron chi connectivity index (χ3n) is 5.64. The maximum atomic E-state index is 6.24. The lowest BCUT2D eigenvalue weighted by Gasteiger charge is -2.45. The van der Waals surface area contributed by atoms with E-state index in [4.69, 9.17) is 5.73 Å². The smallest absolute Gasteiger partial charge is 0.0194 e. The van der Waals surface area contributed by atoms with Crippen molar-refractivity contribution < 1.29 is 0 Å². The number of likely N-dealkylation sites (tertiary alicyclic amines) is 1. The quantitative estimate of drug-likeness (QED) is 0.746. The van der Waals surface area contributed by atoms with Gasteiger partial charge in [0.15, 0.2) is 0 Å². The van der Waals surface area contributed by atoms with E-state index in [-0.39, 0.29) is 0 Å². The zero-order valence-electron chi connectivity index (χ0n) is 11.3. The second-order valence-electron chi connectivity index (χ2n) is 6.60. The second kappa shape index (κ2) is 4.52. The Hall–Kier alpha value is -0.120. The van der Waals surface area contributed by atoms with Crippen molar-refractivity contribution in [3.63, 3.8) is 0 Å². The summed E-state index contributed by atoms with van der Waals surface area (Å²) in [6.07, 6.45) is 6.91. The fourth-order valence-corrected chi connectivity index (χ4v) is 4.14. The van der Waals surface area contributed by atoms with E-state index in [0.717, 1.165) is 24.7 Å². The molecule has 0 aromatic rings. The van der Waals surface area contributed by atoms with E-state index in [1.807, 2.05) is 0 Å². The van der Waals surface area contributed by atoms with E-state index in [9.17, 15) is 0 Å². The zero-order chi connectivity index (χ0) is 12.0. The van der Waals surface area contributed by atoms with E-state index < -0.39 is 0 Å². The normalized spacial score (nSPS) is 48.5. The molecule has 3 rings (SSSR count). The summed E-state index contributed by atoms with van der Waals surface area (Å²) in [4.78, 5) is 5.33. The van der Waals surface area contributed by atoms with Gasteiger partial charge in [-0.25, -0.2) is 0 Å². The van der Waals surface area contributed by atoms with Gasteiger partial charge in [0.2, 0.25) is 0 Å². The number of hydrogen-bond acceptors (Lipinski definition) is 3. The third kappa shape index (κ3) is 2.13. The van der Waals surface area contributed by atoms with Crippen LogP contribution in [0.2, 0.25) is 0 Å². The average Bonchev–Trinajstić information content (AvgIpc) is 2.55. The van der Waals surface area contributed by atoms with Gasteiger partial charge in [0.05, 0.1) is 0 Å². The molecule has 0 aromatic heterocycles. The lowest BCUT2D eigenvalue weighted by atomic mass is 9.89. The number of rotatable bonds is 1. The van der Waals surface area contributed by atoms with Crippen molar-refractivity contribution in [2.24, 2.45) is 11.7 Å². The van der Waals surface area contributed by atoms with Gasteiger partial charge in [-0.1, -0.05) is 6.92 Å². The first-order valence-electron chi connectivity index (χ1n) is 7.36. The molecule has 0 spiro atoms. The van der Waals surface area contributed by atoms with Crippen LogP contribution in [0.5, 0.6) is 0 Å². The van der Waals surface area contributed by atoms with Gasteiger partial charge < -0.3 is 10.6 Å². The molecule has 98 valence electrons. The number of nitrogens with two attached hydrogens (primary N) is 1. The number of fused-ring (bicyclic) bond motifs is 2. The molecule has 0 amide bonds. The van der Waals surface area contributed by atoms with Gasteiger partial charge in [0.1, 0.15) is 0 Å². The molecule has 0 aliphatic carbocycles. The van der Waals surface area contributed by atoms with Gasteiger partial charge >= 0.3 is 0 Å². The highest BCUT2D eigenvalue weighted by Crippen LogP contribution is 2.37. The van der Waals surface area contributed by atoms with Crippen LogP contribution in [0.15, 0.2) is 0 Å². The van der Waals surface area contributed by atoms with E-state index in [2.05, 4.69) is 23.8 Å². The summed E-state index contributed by atoms with van der Waals surface area (Å²) in [6, 6.07) is 2.94. The van der Waals surface area contributed by atoms with Gasteiger partial charge in [-0.05, 0) is 51.6 Å². The molecule has 4 unspecified atom stereocenters. The molecule has 3 aliphatic heterocycles. The van der Waals surface area contributed by atoms with Crippen LogP contribution in [-0.4, -0.2) is 54.1 Å². The Morgan fingerprint density at radius 2 is 1.65 bits per heavy atom. The lowest BCUT2D eigenvalue weighted by molar-refractivity contribution is 0.0479. The van der Waals surface area contributed by atoms with Crippen molar-refractivity contribution in [2.45, 2.75) is 63.2 Å². The highest BCUT2D eigenvalue weighted by atomic mass is 15.2. The van der Waals surface area contributed by atoms with Crippen molar-refractivity contribution in [3.05, 3.63) is 0 Å². The zero-order valence-corrected chi connectivity index (χ0v) is 11.3. The molecule has 3 nitrogen and oxygen atoms in total.